The lowest BCUT2D eigenvalue weighted by Gasteiger charge is -2.11. The van der Waals surface area contributed by atoms with E-state index in [4.69, 9.17) is 17.3 Å². The van der Waals surface area contributed by atoms with E-state index in [1.54, 1.807) is 24.8 Å². The lowest BCUT2D eigenvalue weighted by Crippen LogP contribution is -1.98. The Bertz CT molecular complexity index is 747. The van der Waals surface area contributed by atoms with Crippen molar-refractivity contribution >= 4 is 17.4 Å². The quantitative estimate of drug-likeness (QED) is 0.784. The first-order valence-electron chi connectivity index (χ1n) is 6.16. The van der Waals surface area contributed by atoms with Crippen molar-refractivity contribution in [2.24, 2.45) is 0 Å². The van der Waals surface area contributed by atoms with E-state index in [-0.39, 0.29) is 0 Å². The molecule has 2 heterocycles. The van der Waals surface area contributed by atoms with Gasteiger partial charge in [-0.1, -0.05) is 17.7 Å². The second-order valence-corrected chi connectivity index (χ2v) is 4.99. The van der Waals surface area contributed by atoms with Crippen LogP contribution in [0.15, 0.2) is 49.1 Å². The molecule has 0 unspecified atom stereocenters. The zero-order chi connectivity index (χ0) is 14.1. The van der Waals surface area contributed by atoms with Crippen molar-refractivity contribution in [1.82, 2.24) is 14.5 Å². The van der Waals surface area contributed by atoms with Crippen LogP contribution in [0, 0.1) is 6.92 Å². The van der Waals surface area contributed by atoms with Gasteiger partial charge in [-0.3, -0.25) is 4.57 Å². The van der Waals surface area contributed by atoms with Crippen LogP contribution in [0.2, 0.25) is 5.02 Å². The molecular weight excluding hydrogens is 272 g/mol. The number of halogens is 1. The second kappa shape index (κ2) is 4.98. The van der Waals surface area contributed by atoms with Crippen molar-refractivity contribution in [3.8, 4) is 16.9 Å². The van der Waals surface area contributed by atoms with Crippen LogP contribution in [0.25, 0.3) is 16.9 Å². The summed E-state index contributed by atoms with van der Waals surface area (Å²) < 4.78 is 1.99. The molecule has 2 aromatic heterocycles. The van der Waals surface area contributed by atoms with Crippen LogP contribution in [0.5, 0.6) is 0 Å². The summed E-state index contributed by atoms with van der Waals surface area (Å²) in [6.45, 7) is 2.04. The average Bonchev–Trinajstić information content (AvgIpc) is 2.91. The maximum atomic E-state index is 6.09. The highest BCUT2D eigenvalue weighted by molar-refractivity contribution is 6.30. The van der Waals surface area contributed by atoms with Crippen LogP contribution in [0.3, 0.4) is 0 Å². The van der Waals surface area contributed by atoms with Gasteiger partial charge < -0.3 is 5.73 Å². The Balaban J connectivity index is 2.15. The average molecular weight is 285 g/mol. The molecule has 2 N–H and O–H groups in total. The molecule has 100 valence electrons. The highest BCUT2D eigenvalue weighted by Gasteiger charge is 2.09. The van der Waals surface area contributed by atoms with Crippen LogP contribution in [-0.2, 0) is 0 Å². The molecular formula is C15H13ClN4. The molecule has 0 saturated heterocycles. The summed E-state index contributed by atoms with van der Waals surface area (Å²) in [5.74, 6) is 0.499. The zero-order valence-corrected chi connectivity index (χ0v) is 11.7. The molecule has 4 nitrogen and oxygen atoms in total. The third-order valence-corrected chi connectivity index (χ3v) is 3.39. The Morgan fingerprint density at radius 1 is 1.15 bits per heavy atom. The van der Waals surface area contributed by atoms with Gasteiger partial charge in [0.15, 0.2) is 0 Å². The van der Waals surface area contributed by atoms with Crippen LogP contribution in [0.4, 0.5) is 5.82 Å². The summed E-state index contributed by atoms with van der Waals surface area (Å²) in [5.41, 5.74) is 9.65. The first-order valence-corrected chi connectivity index (χ1v) is 6.54. The van der Waals surface area contributed by atoms with Gasteiger partial charge in [0, 0.05) is 16.8 Å². The SMILES string of the molecule is Cc1ccc(Cl)cc1-n1cncc1-c1ccc(N)nc1. The lowest BCUT2D eigenvalue weighted by molar-refractivity contribution is 1.04. The van der Waals surface area contributed by atoms with Gasteiger partial charge in [0.05, 0.1) is 23.9 Å². The molecule has 0 bridgehead atoms. The summed E-state index contributed by atoms with van der Waals surface area (Å²) in [6.07, 6.45) is 5.31. The molecule has 3 aromatic rings. The van der Waals surface area contributed by atoms with E-state index in [1.807, 2.05) is 35.8 Å². The van der Waals surface area contributed by atoms with Gasteiger partial charge >= 0.3 is 0 Å². The fraction of sp³-hybridized carbons (Fsp3) is 0.0667. The number of imidazole rings is 1. The Kier molecular flexibility index (Phi) is 3.16. The third-order valence-electron chi connectivity index (χ3n) is 3.15. The monoisotopic (exact) mass is 284 g/mol. The number of rotatable bonds is 2. The molecule has 1 aromatic carbocycles. The number of hydrogen-bond donors (Lipinski definition) is 1. The maximum absolute atomic E-state index is 6.09. The summed E-state index contributed by atoms with van der Waals surface area (Å²) in [7, 11) is 0. The van der Waals surface area contributed by atoms with Crippen LogP contribution in [0.1, 0.15) is 5.56 Å². The minimum atomic E-state index is 0.499. The third kappa shape index (κ3) is 2.26. The highest BCUT2D eigenvalue weighted by atomic mass is 35.5. The van der Waals surface area contributed by atoms with E-state index >= 15 is 0 Å². The number of hydrogen-bond acceptors (Lipinski definition) is 3. The van der Waals surface area contributed by atoms with Crippen molar-refractivity contribution in [2.75, 3.05) is 5.73 Å². The van der Waals surface area contributed by atoms with Crippen molar-refractivity contribution in [1.29, 1.82) is 0 Å². The Labute approximate surface area is 121 Å². The number of pyridine rings is 1. The summed E-state index contributed by atoms with van der Waals surface area (Å²) in [4.78, 5) is 8.35. The molecule has 0 fully saturated rings. The fourth-order valence-electron chi connectivity index (χ4n) is 2.10. The first kappa shape index (κ1) is 12.7. The standard InChI is InChI=1S/C15H13ClN4/c1-10-2-4-12(16)6-13(10)20-9-18-8-14(20)11-3-5-15(17)19-7-11/h2-9H,1H3,(H2,17,19). The second-order valence-electron chi connectivity index (χ2n) is 4.55. The summed E-state index contributed by atoms with van der Waals surface area (Å²) in [5, 5.41) is 0.695. The van der Waals surface area contributed by atoms with Gasteiger partial charge in [0.2, 0.25) is 0 Å². The number of aromatic nitrogens is 3. The topological polar surface area (TPSA) is 56.7 Å². The molecule has 20 heavy (non-hydrogen) atoms. The van der Waals surface area contributed by atoms with Gasteiger partial charge in [-0.15, -0.1) is 0 Å². The largest absolute Gasteiger partial charge is 0.384 e. The number of nitrogens with zero attached hydrogens (tertiary/aromatic N) is 3. The van der Waals surface area contributed by atoms with Crippen LogP contribution >= 0.6 is 11.6 Å². The minimum Gasteiger partial charge on any atom is -0.384 e. The number of benzene rings is 1. The number of nitrogens with two attached hydrogens (primary N) is 1. The predicted molar refractivity (Wildman–Crippen MR) is 81.0 cm³/mol. The van der Waals surface area contributed by atoms with Gasteiger partial charge in [-0.05, 0) is 36.8 Å². The first-order chi connectivity index (χ1) is 9.65. The predicted octanol–water partition coefficient (Wildman–Crippen LogP) is 3.48. The summed E-state index contributed by atoms with van der Waals surface area (Å²) in [6, 6.07) is 9.49. The molecule has 0 atom stereocenters. The van der Waals surface area contributed by atoms with E-state index in [1.165, 1.54) is 0 Å². The van der Waals surface area contributed by atoms with Gasteiger partial charge in [0.1, 0.15) is 5.82 Å². The van der Waals surface area contributed by atoms with Gasteiger partial charge in [-0.25, -0.2) is 9.97 Å². The molecule has 0 aliphatic heterocycles. The molecule has 0 saturated carbocycles. The van der Waals surface area contributed by atoms with E-state index in [0.717, 1.165) is 22.5 Å². The van der Waals surface area contributed by atoms with Crippen LogP contribution < -0.4 is 5.73 Å². The fourth-order valence-corrected chi connectivity index (χ4v) is 2.27. The molecule has 0 spiro atoms. The number of nitrogen functional groups attached to an aromatic ring is 1. The number of aryl methyl sites for hydroxylation is 1. The van der Waals surface area contributed by atoms with Crippen molar-refractivity contribution in [2.45, 2.75) is 6.92 Å². The highest BCUT2D eigenvalue weighted by Crippen LogP contribution is 2.26. The molecule has 5 heteroatoms. The number of anilines is 1. The van der Waals surface area contributed by atoms with Crippen molar-refractivity contribution < 1.29 is 0 Å². The molecule has 0 aliphatic rings. The molecule has 0 aliphatic carbocycles. The van der Waals surface area contributed by atoms with E-state index in [0.29, 0.717) is 10.8 Å². The molecule has 0 radical (unpaired) electrons. The van der Waals surface area contributed by atoms with Crippen molar-refractivity contribution in [3.05, 3.63) is 59.6 Å². The molecule has 3 rings (SSSR count). The normalized spacial score (nSPS) is 10.7. The van der Waals surface area contributed by atoms with Gasteiger partial charge in [0.25, 0.3) is 0 Å². The smallest absolute Gasteiger partial charge is 0.123 e. The van der Waals surface area contributed by atoms with E-state index in [2.05, 4.69) is 9.97 Å². The maximum Gasteiger partial charge on any atom is 0.123 e. The minimum absolute atomic E-state index is 0.499. The van der Waals surface area contributed by atoms with E-state index in [9.17, 15) is 0 Å². The van der Waals surface area contributed by atoms with E-state index < -0.39 is 0 Å². The van der Waals surface area contributed by atoms with Crippen LogP contribution in [-0.4, -0.2) is 14.5 Å². The van der Waals surface area contributed by atoms with Crippen molar-refractivity contribution in [3.63, 3.8) is 0 Å². The summed E-state index contributed by atoms with van der Waals surface area (Å²) >= 11 is 6.09. The Morgan fingerprint density at radius 2 is 2.00 bits per heavy atom. The van der Waals surface area contributed by atoms with Gasteiger partial charge in [-0.2, -0.15) is 0 Å². The zero-order valence-electron chi connectivity index (χ0n) is 10.9. The Morgan fingerprint density at radius 3 is 2.75 bits per heavy atom. The molecule has 0 amide bonds. The lowest BCUT2D eigenvalue weighted by atomic mass is 10.1. The Hall–Kier alpha value is -2.33.